The first-order chi connectivity index (χ1) is 8.81. The van der Waals surface area contributed by atoms with Crippen molar-refractivity contribution in [3.63, 3.8) is 0 Å². The smallest absolute Gasteiger partial charge is 0.140 e. The second-order valence-electron chi connectivity index (χ2n) is 4.81. The fourth-order valence-corrected chi connectivity index (χ4v) is 2.93. The summed E-state index contributed by atoms with van der Waals surface area (Å²) in [5, 5.41) is 2.32. The highest BCUT2D eigenvalue weighted by Crippen LogP contribution is 2.40. The summed E-state index contributed by atoms with van der Waals surface area (Å²) >= 11 is 0. The second-order valence-corrected chi connectivity index (χ2v) is 4.81. The lowest BCUT2D eigenvalue weighted by atomic mass is 9.91. The molecule has 0 amide bonds. The Balaban J connectivity index is 2.26. The maximum absolute atomic E-state index is 12.0. The van der Waals surface area contributed by atoms with Gasteiger partial charge in [0.05, 0.1) is 7.11 Å². The number of fused-ring (bicyclic) bond motifs is 1. The molecule has 1 atom stereocenters. The summed E-state index contributed by atoms with van der Waals surface area (Å²) in [6.07, 6.45) is 2.65. The zero-order chi connectivity index (χ0) is 12.5. The first-order valence-electron chi connectivity index (χ1n) is 6.39. The molecule has 0 aromatic heterocycles. The normalized spacial score (nSPS) is 19.4. The molecule has 0 bridgehead atoms. The average molecular weight is 240 g/mol. The molecular weight excluding hydrogens is 224 g/mol. The van der Waals surface area contributed by atoms with Crippen molar-refractivity contribution < 1.29 is 9.53 Å². The minimum Gasteiger partial charge on any atom is -0.496 e. The highest BCUT2D eigenvalue weighted by Gasteiger charge is 2.29. The van der Waals surface area contributed by atoms with Gasteiger partial charge in [-0.25, -0.2) is 0 Å². The quantitative estimate of drug-likeness (QED) is 0.800. The summed E-state index contributed by atoms with van der Waals surface area (Å²) in [6.45, 7) is 0. The molecule has 18 heavy (non-hydrogen) atoms. The van der Waals surface area contributed by atoms with Crippen molar-refractivity contribution in [2.75, 3.05) is 7.11 Å². The average Bonchev–Trinajstić information content (AvgIpc) is 2.83. The van der Waals surface area contributed by atoms with Crippen LogP contribution >= 0.6 is 0 Å². The highest BCUT2D eigenvalue weighted by atomic mass is 16.5. The molecule has 0 spiro atoms. The third-order valence-electron chi connectivity index (χ3n) is 3.80. The predicted octanol–water partition coefficient (Wildman–Crippen LogP) is 3.69. The van der Waals surface area contributed by atoms with Crippen LogP contribution in [-0.2, 0) is 4.79 Å². The van der Waals surface area contributed by atoms with E-state index in [1.54, 1.807) is 7.11 Å². The Bertz CT molecular complexity index is 601. The summed E-state index contributed by atoms with van der Waals surface area (Å²) in [6, 6.07) is 12.2. The lowest BCUT2D eigenvalue weighted by molar-refractivity contribution is -0.118. The molecule has 1 saturated carbocycles. The topological polar surface area (TPSA) is 26.3 Å². The number of ketones is 1. The maximum Gasteiger partial charge on any atom is 0.140 e. The third-order valence-corrected chi connectivity index (χ3v) is 3.80. The minimum atomic E-state index is 0.0195. The first-order valence-corrected chi connectivity index (χ1v) is 6.39. The van der Waals surface area contributed by atoms with E-state index < -0.39 is 0 Å². The first kappa shape index (κ1) is 11.3. The van der Waals surface area contributed by atoms with Crippen molar-refractivity contribution >= 4 is 16.6 Å². The Labute approximate surface area is 107 Å². The number of Topliss-reactive ketones (excluding diaryl/α,β-unsaturated/α-hetero) is 1. The van der Waals surface area contributed by atoms with Crippen molar-refractivity contribution in [1.29, 1.82) is 0 Å². The van der Waals surface area contributed by atoms with Crippen molar-refractivity contribution in [3.8, 4) is 5.75 Å². The van der Waals surface area contributed by atoms with E-state index in [1.807, 2.05) is 18.2 Å². The molecule has 3 rings (SSSR count). The van der Waals surface area contributed by atoms with Gasteiger partial charge in [-0.3, -0.25) is 4.79 Å². The second kappa shape index (κ2) is 4.45. The van der Waals surface area contributed by atoms with Crippen molar-refractivity contribution in [1.82, 2.24) is 0 Å². The fraction of sp³-hybridized carbons (Fsp3) is 0.312. The standard InChI is InChI=1S/C16H16O2/c1-18-15-10-9-11-5-2-3-6-12(11)16(15)13-7-4-8-14(13)17/h2-3,5-6,9-10,13H,4,7-8H2,1H3. The van der Waals surface area contributed by atoms with Crippen LogP contribution in [0, 0.1) is 0 Å². The molecule has 0 aliphatic heterocycles. The molecular formula is C16H16O2. The summed E-state index contributed by atoms with van der Waals surface area (Å²) in [5.41, 5.74) is 1.08. The van der Waals surface area contributed by atoms with Crippen LogP contribution in [0.5, 0.6) is 5.75 Å². The van der Waals surface area contributed by atoms with E-state index in [2.05, 4.69) is 18.2 Å². The van der Waals surface area contributed by atoms with Crippen LogP contribution in [0.2, 0.25) is 0 Å². The van der Waals surface area contributed by atoms with Crippen molar-refractivity contribution in [3.05, 3.63) is 42.0 Å². The molecule has 92 valence electrons. The maximum atomic E-state index is 12.0. The van der Waals surface area contributed by atoms with Crippen LogP contribution in [0.15, 0.2) is 36.4 Å². The van der Waals surface area contributed by atoms with Crippen LogP contribution in [-0.4, -0.2) is 12.9 Å². The molecule has 1 aliphatic carbocycles. The summed E-state index contributed by atoms with van der Waals surface area (Å²) in [4.78, 5) is 12.0. The van der Waals surface area contributed by atoms with Gasteiger partial charge in [0.2, 0.25) is 0 Å². The van der Waals surface area contributed by atoms with E-state index in [9.17, 15) is 4.79 Å². The number of methoxy groups -OCH3 is 1. The largest absolute Gasteiger partial charge is 0.496 e. The van der Waals surface area contributed by atoms with Crippen LogP contribution in [0.4, 0.5) is 0 Å². The molecule has 0 heterocycles. The van der Waals surface area contributed by atoms with E-state index in [0.29, 0.717) is 12.2 Å². The van der Waals surface area contributed by atoms with E-state index in [1.165, 1.54) is 5.39 Å². The van der Waals surface area contributed by atoms with Gasteiger partial charge in [0.1, 0.15) is 11.5 Å². The van der Waals surface area contributed by atoms with Gasteiger partial charge in [-0.05, 0) is 29.7 Å². The Morgan fingerprint density at radius 3 is 2.72 bits per heavy atom. The summed E-state index contributed by atoms with van der Waals surface area (Å²) in [5.74, 6) is 1.21. The number of rotatable bonds is 2. The Morgan fingerprint density at radius 2 is 2.00 bits per heavy atom. The minimum absolute atomic E-state index is 0.0195. The zero-order valence-corrected chi connectivity index (χ0v) is 10.5. The van der Waals surface area contributed by atoms with Gasteiger partial charge >= 0.3 is 0 Å². The molecule has 2 aromatic carbocycles. The van der Waals surface area contributed by atoms with Crippen molar-refractivity contribution in [2.24, 2.45) is 0 Å². The van der Waals surface area contributed by atoms with E-state index in [0.717, 1.165) is 29.5 Å². The van der Waals surface area contributed by atoms with Crippen molar-refractivity contribution in [2.45, 2.75) is 25.2 Å². The predicted molar refractivity (Wildman–Crippen MR) is 72.1 cm³/mol. The third kappa shape index (κ3) is 1.69. The number of hydrogen-bond acceptors (Lipinski definition) is 2. The van der Waals surface area contributed by atoms with Gasteiger partial charge < -0.3 is 4.74 Å². The van der Waals surface area contributed by atoms with E-state index in [-0.39, 0.29) is 5.92 Å². The van der Waals surface area contributed by atoms with Gasteiger partial charge in [0.15, 0.2) is 0 Å². The molecule has 2 aromatic rings. The van der Waals surface area contributed by atoms with Gasteiger partial charge in [-0.15, -0.1) is 0 Å². The van der Waals surface area contributed by atoms with Crippen LogP contribution in [0.1, 0.15) is 30.7 Å². The molecule has 0 N–H and O–H groups in total. The van der Waals surface area contributed by atoms with Gasteiger partial charge in [-0.2, -0.15) is 0 Å². The highest BCUT2D eigenvalue weighted by molar-refractivity contribution is 5.96. The molecule has 1 fully saturated rings. The Morgan fingerprint density at radius 1 is 1.17 bits per heavy atom. The Kier molecular flexibility index (Phi) is 2.78. The lowest BCUT2D eigenvalue weighted by Gasteiger charge is -2.16. The summed E-state index contributed by atoms with van der Waals surface area (Å²) < 4.78 is 5.46. The van der Waals surface area contributed by atoms with Crippen LogP contribution < -0.4 is 4.74 Å². The number of ether oxygens (including phenoxy) is 1. The van der Waals surface area contributed by atoms with Crippen LogP contribution in [0.25, 0.3) is 10.8 Å². The number of carbonyl (C=O) groups is 1. The molecule has 0 saturated heterocycles. The van der Waals surface area contributed by atoms with Gasteiger partial charge in [0, 0.05) is 17.9 Å². The number of hydrogen-bond donors (Lipinski definition) is 0. The summed E-state index contributed by atoms with van der Waals surface area (Å²) in [7, 11) is 1.67. The van der Waals surface area contributed by atoms with E-state index >= 15 is 0 Å². The molecule has 1 unspecified atom stereocenters. The van der Waals surface area contributed by atoms with Crippen LogP contribution in [0.3, 0.4) is 0 Å². The zero-order valence-electron chi connectivity index (χ0n) is 10.5. The SMILES string of the molecule is COc1ccc2ccccc2c1C1CCCC1=O. The molecule has 2 nitrogen and oxygen atoms in total. The van der Waals surface area contributed by atoms with Gasteiger partial charge in [-0.1, -0.05) is 30.3 Å². The molecule has 0 radical (unpaired) electrons. The van der Waals surface area contributed by atoms with Gasteiger partial charge in [0.25, 0.3) is 0 Å². The fourth-order valence-electron chi connectivity index (χ4n) is 2.93. The Hall–Kier alpha value is -1.83. The molecule has 1 aliphatic rings. The monoisotopic (exact) mass is 240 g/mol. The lowest BCUT2D eigenvalue weighted by Crippen LogP contribution is -2.07. The number of carbonyl (C=O) groups excluding carboxylic acids is 1. The number of benzene rings is 2. The molecule has 2 heteroatoms. The van der Waals surface area contributed by atoms with E-state index in [4.69, 9.17) is 4.74 Å².